The fourth-order valence-electron chi connectivity index (χ4n) is 2.17. The maximum atomic E-state index is 11.5. The molecule has 0 unspecified atom stereocenters. The maximum absolute atomic E-state index is 11.5. The monoisotopic (exact) mass is 264 g/mol. The number of nitrogens with zero attached hydrogens (tertiary/aromatic N) is 3. The van der Waals surface area contributed by atoms with Gasteiger partial charge in [-0.2, -0.15) is 0 Å². The van der Waals surface area contributed by atoms with Crippen molar-refractivity contribution >= 4 is 11.9 Å². The fraction of sp³-hybridized carbons (Fsp3) is 0.615. The van der Waals surface area contributed by atoms with Gasteiger partial charge in [0.1, 0.15) is 0 Å². The second kappa shape index (κ2) is 6.47. The molecule has 1 fully saturated rings. The van der Waals surface area contributed by atoms with E-state index < -0.39 is 0 Å². The number of rotatable bonds is 4. The highest BCUT2D eigenvalue weighted by atomic mass is 16.5. The first-order valence-corrected chi connectivity index (χ1v) is 6.68. The van der Waals surface area contributed by atoms with Gasteiger partial charge in [0.15, 0.2) is 0 Å². The lowest BCUT2D eigenvalue weighted by Crippen LogP contribution is -2.37. The van der Waals surface area contributed by atoms with E-state index in [2.05, 4.69) is 14.9 Å². The van der Waals surface area contributed by atoms with Crippen molar-refractivity contribution in [3.05, 3.63) is 18.0 Å². The summed E-state index contributed by atoms with van der Waals surface area (Å²) in [5.41, 5.74) is 6.06. The van der Waals surface area contributed by atoms with Crippen molar-refractivity contribution in [1.82, 2.24) is 9.97 Å². The summed E-state index contributed by atoms with van der Waals surface area (Å²) >= 11 is 0. The van der Waals surface area contributed by atoms with E-state index in [4.69, 9.17) is 10.5 Å². The first-order chi connectivity index (χ1) is 9.24. The Morgan fingerprint density at radius 2 is 2.05 bits per heavy atom. The normalized spacial score (nSPS) is 16.4. The molecular formula is C13H20N4O2. The molecule has 0 aromatic carbocycles. The number of esters is 1. The van der Waals surface area contributed by atoms with Gasteiger partial charge in [-0.15, -0.1) is 0 Å². The number of piperidine rings is 1. The summed E-state index contributed by atoms with van der Waals surface area (Å²) in [4.78, 5) is 22.1. The Morgan fingerprint density at radius 3 is 2.58 bits per heavy atom. The second-order valence-electron chi connectivity index (χ2n) is 4.66. The molecule has 2 heterocycles. The molecule has 1 aliphatic heterocycles. The number of hydrogen-bond donors (Lipinski definition) is 1. The van der Waals surface area contributed by atoms with Crippen molar-refractivity contribution in [2.45, 2.75) is 19.8 Å². The summed E-state index contributed by atoms with van der Waals surface area (Å²) in [6.45, 7) is 4.71. The summed E-state index contributed by atoms with van der Waals surface area (Å²) in [6.07, 6.45) is 5.18. The minimum Gasteiger partial charge on any atom is -0.462 e. The van der Waals surface area contributed by atoms with Crippen molar-refractivity contribution in [3.8, 4) is 0 Å². The molecular weight excluding hydrogens is 244 g/mol. The van der Waals surface area contributed by atoms with Crippen LogP contribution in [0.4, 0.5) is 5.95 Å². The summed E-state index contributed by atoms with van der Waals surface area (Å²) in [5, 5.41) is 0. The number of ether oxygens (including phenoxy) is 1. The van der Waals surface area contributed by atoms with Crippen LogP contribution >= 0.6 is 0 Å². The first-order valence-electron chi connectivity index (χ1n) is 6.68. The van der Waals surface area contributed by atoms with Gasteiger partial charge in [-0.1, -0.05) is 0 Å². The van der Waals surface area contributed by atoms with Gasteiger partial charge in [0.25, 0.3) is 0 Å². The zero-order chi connectivity index (χ0) is 13.7. The van der Waals surface area contributed by atoms with E-state index in [9.17, 15) is 4.79 Å². The highest BCUT2D eigenvalue weighted by Crippen LogP contribution is 2.19. The van der Waals surface area contributed by atoms with E-state index in [-0.39, 0.29) is 5.97 Å². The smallest absolute Gasteiger partial charge is 0.341 e. The molecule has 2 rings (SSSR count). The predicted molar refractivity (Wildman–Crippen MR) is 72.0 cm³/mol. The summed E-state index contributed by atoms with van der Waals surface area (Å²) < 4.78 is 4.90. The average Bonchev–Trinajstić information content (AvgIpc) is 2.48. The Kier molecular flexibility index (Phi) is 4.68. The van der Waals surface area contributed by atoms with Gasteiger partial charge in [-0.3, -0.25) is 0 Å². The van der Waals surface area contributed by atoms with Crippen molar-refractivity contribution < 1.29 is 9.53 Å². The molecule has 0 amide bonds. The molecule has 0 radical (unpaired) electrons. The van der Waals surface area contributed by atoms with Crippen molar-refractivity contribution in [1.29, 1.82) is 0 Å². The molecule has 6 heteroatoms. The first kappa shape index (κ1) is 13.7. The number of nitrogens with two attached hydrogens (primary N) is 1. The standard InChI is InChI=1S/C13H20N4O2/c1-2-19-12(18)11-8-15-13(16-9-11)17-5-3-10(7-14)4-6-17/h8-10H,2-7,14H2,1H3. The SMILES string of the molecule is CCOC(=O)c1cnc(N2CCC(CN)CC2)nc1. The van der Waals surface area contributed by atoms with E-state index in [1.54, 1.807) is 6.92 Å². The zero-order valence-electron chi connectivity index (χ0n) is 11.2. The van der Waals surface area contributed by atoms with Crippen LogP contribution in [0.1, 0.15) is 30.1 Å². The van der Waals surface area contributed by atoms with Gasteiger partial charge in [0.05, 0.1) is 12.2 Å². The minimum absolute atomic E-state index is 0.354. The number of aromatic nitrogens is 2. The molecule has 104 valence electrons. The Labute approximate surface area is 113 Å². The van der Waals surface area contributed by atoms with Gasteiger partial charge in [0, 0.05) is 25.5 Å². The number of hydrogen-bond acceptors (Lipinski definition) is 6. The van der Waals surface area contributed by atoms with Crippen LogP contribution in [0.2, 0.25) is 0 Å². The molecule has 19 heavy (non-hydrogen) atoms. The number of carbonyl (C=O) groups excluding carboxylic acids is 1. The van der Waals surface area contributed by atoms with Crippen LogP contribution in [0.5, 0.6) is 0 Å². The molecule has 6 nitrogen and oxygen atoms in total. The molecule has 0 spiro atoms. The van der Waals surface area contributed by atoms with E-state index in [0.717, 1.165) is 32.5 Å². The third-order valence-corrected chi connectivity index (χ3v) is 3.38. The van der Waals surface area contributed by atoms with Gasteiger partial charge >= 0.3 is 5.97 Å². The molecule has 1 aliphatic rings. The fourth-order valence-corrected chi connectivity index (χ4v) is 2.17. The maximum Gasteiger partial charge on any atom is 0.341 e. The summed E-state index contributed by atoms with van der Waals surface area (Å²) in [5.74, 6) is 0.898. The van der Waals surface area contributed by atoms with Gasteiger partial charge in [-0.05, 0) is 32.2 Å². The highest BCUT2D eigenvalue weighted by molar-refractivity contribution is 5.88. The molecule has 1 saturated heterocycles. The Balaban J connectivity index is 1.97. The third-order valence-electron chi connectivity index (χ3n) is 3.38. The van der Waals surface area contributed by atoms with Crippen LogP contribution in [0.15, 0.2) is 12.4 Å². The molecule has 1 aromatic heterocycles. The number of anilines is 1. The molecule has 1 aromatic rings. The molecule has 2 N–H and O–H groups in total. The van der Waals surface area contributed by atoms with Crippen LogP contribution in [-0.2, 0) is 4.74 Å². The summed E-state index contributed by atoms with van der Waals surface area (Å²) in [7, 11) is 0. The van der Waals surface area contributed by atoms with Crippen LogP contribution in [-0.4, -0.2) is 42.2 Å². The van der Waals surface area contributed by atoms with Gasteiger partial charge in [0.2, 0.25) is 5.95 Å². The molecule has 0 atom stereocenters. The largest absolute Gasteiger partial charge is 0.462 e. The quantitative estimate of drug-likeness (QED) is 0.811. The van der Waals surface area contributed by atoms with Gasteiger partial charge in [-0.25, -0.2) is 14.8 Å². The lowest BCUT2D eigenvalue weighted by molar-refractivity contribution is 0.0525. The van der Waals surface area contributed by atoms with Crippen molar-refractivity contribution in [3.63, 3.8) is 0 Å². The topological polar surface area (TPSA) is 81.3 Å². The number of carbonyl (C=O) groups is 1. The van der Waals surface area contributed by atoms with E-state index in [0.29, 0.717) is 24.0 Å². The van der Waals surface area contributed by atoms with Gasteiger partial charge < -0.3 is 15.4 Å². The average molecular weight is 264 g/mol. The third kappa shape index (κ3) is 3.41. The Bertz CT molecular complexity index is 413. The van der Waals surface area contributed by atoms with Crippen LogP contribution in [0.3, 0.4) is 0 Å². The lowest BCUT2D eigenvalue weighted by Gasteiger charge is -2.31. The molecule has 0 bridgehead atoms. The minimum atomic E-state index is -0.379. The zero-order valence-corrected chi connectivity index (χ0v) is 11.2. The lowest BCUT2D eigenvalue weighted by atomic mass is 9.97. The second-order valence-corrected chi connectivity index (χ2v) is 4.66. The Hall–Kier alpha value is -1.69. The predicted octanol–water partition coefficient (Wildman–Crippen LogP) is 0.828. The van der Waals surface area contributed by atoms with Crippen LogP contribution < -0.4 is 10.6 Å². The van der Waals surface area contributed by atoms with E-state index in [1.165, 1.54) is 12.4 Å². The highest BCUT2D eigenvalue weighted by Gasteiger charge is 2.20. The molecule has 0 saturated carbocycles. The Morgan fingerprint density at radius 1 is 1.42 bits per heavy atom. The van der Waals surface area contributed by atoms with Crippen molar-refractivity contribution in [2.24, 2.45) is 11.7 Å². The van der Waals surface area contributed by atoms with E-state index >= 15 is 0 Å². The van der Waals surface area contributed by atoms with E-state index in [1.807, 2.05) is 0 Å². The molecule has 0 aliphatic carbocycles. The van der Waals surface area contributed by atoms with Crippen molar-refractivity contribution in [2.75, 3.05) is 31.1 Å². The van der Waals surface area contributed by atoms with Crippen LogP contribution in [0.25, 0.3) is 0 Å². The summed E-state index contributed by atoms with van der Waals surface area (Å²) in [6, 6.07) is 0. The van der Waals surface area contributed by atoms with Crippen LogP contribution in [0, 0.1) is 5.92 Å².